The number of carbonyl (C=O) groups excluding carboxylic acids is 2. The molecule has 2 atom stereocenters. The number of unbranched alkanes of at least 4 members (excludes halogenated alkanes) is 39. The molecule has 0 saturated carbocycles. The molecule has 388 valence electrons. The molecule has 0 radical (unpaired) electrons. The third-order valence-corrected chi connectivity index (χ3v) is 13.4. The molecule has 0 aromatic heterocycles. The Bertz CT molecular complexity index is 1070. The van der Waals surface area contributed by atoms with E-state index < -0.39 is 12.1 Å². The molecular formula is C60H113NO5. The standard InChI is InChI=1S/C60H113NO5/c1-3-5-7-9-11-13-15-17-19-21-22-23-24-25-26-28-29-31-33-36-40-44-48-52-58(63)57(56-62)61-59(64)53-49-45-41-37-35-39-43-47-51-55-66-60(65)54-50-46-42-38-34-32-30-27-20-18-16-14-12-10-8-6-4-2/h12,14,18,20,48,52,57-58,62-63H,3-11,13,15-17,19,21-47,49-51,53-56H2,1-2H3,(H,61,64)/b14-12-,20-18-,52-48+. The molecule has 6 heteroatoms. The van der Waals surface area contributed by atoms with Crippen LogP contribution in [0.2, 0.25) is 0 Å². The lowest BCUT2D eigenvalue weighted by Gasteiger charge is -2.20. The zero-order valence-corrected chi connectivity index (χ0v) is 44.2. The number of hydrogen-bond donors (Lipinski definition) is 3. The first-order valence-corrected chi connectivity index (χ1v) is 29.3. The molecule has 0 fully saturated rings. The van der Waals surface area contributed by atoms with Gasteiger partial charge >= 0.3 is 5.97 Å². The lowest BCUT2D eigenvalue weighted by Crippen LogP contribution is -2.45. The van der Waals surface area contributed by atoms with Crippen molar-refractivity contribution >= 4 is 11.9 Å². The molecule has 3 N–H and O–H groups in total. The highest BCUT2D eigenvalue weighted by Gasteiger charge is 2.18. The minimum atomic E-state index is -0.864. The molecule has 0 saturated heterocycles. The summed E-state index contributed by atoms with van der Waals surface area (Å²) in [5.74, 6) is -0.128. The topological polar surface area (TPSA) is 95.9 Å². The van der Waals surface area contributed by atoms with Crippen molar-refractivity contribution in [3.05, 3.63) is 36.5 Å². The van der Waals surface area contributed by atoms with E-state index in [4.69, 9.17) is 4.74 Å². The van der Waals surface area contributed by atoms with Crippen LogP contribution in [-0.2, 0) is 14.3 Å². The number of ether oxygens (including phenoxy) is 1. The van der Waals surface area contributed by atoms with Crippen LogP contribution < -0.4 is 5.32 Å². The van der Waals surface area contributed by atoms with Crippen LogP contribution in [0, 0.1) is 0 Å². The van der Waals surface area contributed by atoms with Crippen LogP contribution in [0.15, 0.2) is 36.5 Å². The van der Waals surface area contributed by atoms with Crippen LogP contribution in [-0.4, -0.2) is 47.4 Å². The molecular weight excluding hydrogens is 815 g/mol. The summed E-state index contributed by atoms with van der Waals surface area (Å²) in [6.07, 6.45) is 68.8. The number of rotatable bonds is 54. The first-order valence-electron chi connectivity index (χ1n) is 29.3. The van der Waals surface area contributed by atoms with Crippen molar-refractivity contribution in [2.45, 2.75) is 321 Å². The van der Waals surface area contributed by atoms with Crippen LogP contribution in [0.3, 0.4) is 0 Å². The Morgan fingerprint density at radius 1 is 0.424 bits per heavy atom. The summed E-state index contributed by atoms with van der Waals surface area (Å²) in [5, 5.41) is 23.2. The molecule has 0 aromatic carbocycles. The number of esters is 1. The molecule has 6 nitrogen and oxygen atoms in total. The molecule has 0 aliphatic rings. The van der Waals surface area contributed by atoms with E-state index in [1.807, 2.05) is 6.08 Å². The van der Waals surface area contributed by atoms with Crippen LogP contribution in [0.1, 0.15) is 309 Å². The number of carbonyl (C=O) groups is 2. The van der Waals surface area contributed by atoms with Gasteiger partial charge in [-0.1, -0.05) is 269 Å². The maximum absolute atomic E-state index is 12.5. The average molecular weight is 929 g/mol. The van der Waals surface area contributed by atoms with Gasteiger partial charge in [-0.05, 0) is 64.2 Å². The Morgan fingerprint density at radius 2 is 0.758 bits per heavy atom. The lowest BCUT2D eigenvalue weighted by atomic mass is 10.0. The summed E-state index contributed by atoms with van der Waals surface area (Å²) in [7, 11) is 0. The van der Waals surface area contributed by atoms with Crippen LogP contribution in [0.25, 0.3) is 0 Å². The molecule has 0 heterocycles. The van der Waals surface area contributed by atoms with E-state index in [2.05, 4.69) is 43.5 Å². The highest BCUT2D eigenvalue weighted by molar-refractivity contribution is 5.76. The molecule has 0 aliphatic carbocycles. The first kappa shape index (κ1) is 64.1. The van der Waals surface area contributed by atoms with E-state index in [-0.39, 0.29) is 18.5 Å². The highest BCUT2D eigenvalue weighted by atomic mass is 16.5. The molecule has 0 aliphatic heterocycles. The monoisotopic (exact) mass is 928 g/mol. The van der Waals surface area contributed by atoms with Crippen LogP contribution in [0.5, 0.6) is 0 Å². The van der Waals surface area contributed by atoms with Crippen LogP contribution >= 0.6 is 0 Å². The van der Waals surface area contributed by atoms with E-state index in [0.29, 0.717) is 19.4 Å². The molecule has 0 bridgehead atoms. The molecule has 0 aromatic rings. The number of nitrogens with one attached hydrogen (secondary N) is 1. The summed E-state index contributed by atoms with van der Waals surface area (Å²) in [4.78, 5) is 24.6. The van der Waals surface area contributed by atoms with E-state index in [1.54, 1.807) is 6.08 Å². The molecule has 0 rings (SSSR count). The predicted octanol–water partition coefficient (Wildman–Crippen LogP) is 18.0. The minimum Gasteiger partial charge on any atom is -0.466 e. The highest BCUT2D eigenvalue weighted by Crippen LogP contribution is 2.17. The quantitative estimate of drug-likeness (QED) is 0.0321. The third-order valence-electron chi connectivity index (χ3n) is 13.4. The van der Waals surface area contributed by atoms with E-state index >= 15 is 0 Å². The summed E-state index contributed by atoms with van der Waals surface area (Å²) in [6.45, 7) is 4.83. The fourth-order valence-electron chi connectivity index (χ4n) is 8.90. The number of allylic oxidation sites excluding steroid dienone is 5. The lowest BCUT2D eigenvalue weighted by molar-refractivity contribution is -0.143. The Labute approximate surface area is 411 Å². The Kier molecular flexibility index (Phi) is 54.1. The van der Waals surface area contributed by atoms with Gasteiger partial charge < -0.3 is 20.3 Å². The van der Waals surface area contributed by atoms with Gasteiger partial charge in [-0.2, -0.15) is 0 Å². The maximum Gasteiger partial charge on any atom is 0.305 e. The van der Waals surface area contributed by atoms with Crippen molar-refractivity contribution in [2.24, 2.45) is 0 Å². The SMILES string of the molecule is CCCCC/C=C\C/C=C\CCCCCCCCCC(=O)OCCCCCCCCCCCC(=O)NC(CO)C(O)/C=C/CCCCCCCCCCCCCCCCCCCCCCC. The third kappa shape index (κ3) is 51.5. The number of amides is 1. The Balaban J connectivity index is 3.51. The largest absolute Gasteiger partial charge is 0.466 e. The van der Waals surface area contributed by atoms with Crippen molar-refractivity contribution in [1.29, 1.82) is 0 Å². The summed E-state index contributed by atoms with van der Waals surface area (Å²) in [6, 6.07) is -0.650. The first-order chi connectivity index (χ1) is 32.5. The van der Waals surface area contributed by atoms with Crippen molar-refractivity contribution in [3.63, 3.8) is 0 Å². The normalized spacial score (nSPS) is 12.8. The summed E-state index contributed by atoms with van der Waals surface area (Å²) < 4.78 is 5.46. The smallest absolute Gasteiger partial charge is 0.305 e. The predicted molar refractivity (Wildman–Crippen MR) is 287 cm³/mol. The molecule has 2 unspecified atom stereocenters. The Hall–Kier alpha value is -1.92. The van der Waals surface area contributed by atoms with Gasteiger partial charge in [0.15, 0.2) is 0 Å². The van der Waals surface area contributed by atoms with Gasteiger partial charge in [-0.25, -0.2) is 0 Å². The fourth-order valence-corrected chi connectivity index (χ4v) is 8.90. The molecule has 0 spiro atoms. The number of aliphatic hydroxyl groups excluding tert-OH is 2. The van der Waals surface area contributed by atoms with Crippen LogP contribution in [0.4, 0.5) is 0 Å². The molecule has 1 amide bonds. The second-order valence-electron chi connectivity index (χ2n) is 20.0. The molecule has 66 heavy (non-hydrogen) atoms. The van der Waals surface area contributed by atoms with Gasteiger partial charge in [0.25, 0.3) is 0 Å². The Morgan fingerprint density at radius 3 is 1.18 bits per heavy atom. The van der Waals surface area contributed by atoms with Crippen molar-refractivity contribution in [1.82, 2.24) is 5.32 Å². The van der Waals surface area contributed by atoms with Gasteiger partial charge in [0, 0.05) is 12.8 Å². The number of hydrogen-bond acceptors (Lipinski definition) is 5. The zero-order chi connectivity index (χ0) is 47.9. The van der Waals surface area contributed by atoms with Crippen molar-refractivity contribution in [3.8, 4) is 0 Å². The fraction of sp³-hybridized carbons (Fsp3) is 0.867. The summed E-state index contributed by atoms with van der Waals surface area (Å²) >= 11 is 0. The van der Waals surface area contributed by atoms with E-state index in [0.717, 1.165) is 64.2 Å². The minimum absolute atomic E-state index is 0.0345. The van der Waals surface area contributed by atoms with E-state index in [9.17, 15) is 19.8 Å². The van der Waals surface area contributed by atoms with Crippen molar-refractivity contribution < 1.29 is 24.5 Å². The number of aliphatic hydroxyl groups is 2. The second kappa shape index (κ2) is 55.7. The van der Waals surface area contributed by atoms with Gasteiger partial charge in [0.05, 0.1) is 25.4 Å². The van der Waals surface area contributed by atoms with Gasteiger partial charge in [-0.15, -0.1) is 0 Å². The van der Waals surface area contributed by atoms with Crippen molar-refractivity contribution in [2.75, 3.05) is 13.2 Å². The van der Waals surface area contributed by atoms with Gasteiger partial charge in [0.1, 0.15) is 0 Å². The van der Waals surface area contributed by atoms with E-state index in [1.165, 1.54) is 218 Å². The maximum atomic E-state index is 12.5. The summed E-state index contributed by atoms with van der Waals surface area (Å²) in [5.41, 5.74) is 0. The average Bonchev–Trinajstić information content (AvgIpc) is 3.32. The second-order valence-corrected chi connectivity index (χ2v) is 20.0. The van der Waals surface area contributed by atoms with Gasteiger partial charge in [0.2, 0.25) is 5.91 Å². The zero-order valence-electron chi connectivity index (χ0n) is 44.2. The van der Waals surface area contributed by atoms with Gasteiger partial charge in [-0.3, -0.25) is 9.59 Å².